The number of hydrogen-bond donors (Lipinski definition) is 1. The lowest BCUT2D eigenvalue weighted by Crippen LogP contribution is -2.24. The second-order valence-corrected chi connectivity index (χ2v) is 6.46. The van der Waals surface area contributed by atoms with E-state index >= 15 is 0 Å². The van der Waals surface area contributed by atoms with E-state index in [-0.39, 0.29) is 5.91 Å². The summed E-state index contributed by atoms with van der Waals surface area (Å²) in [7, 11) is 0. The largest absolute Gasteiger partial charge is 0.494 e. The molecule has 2 aromatic carbocycles. The van der Waals surface area contributed by atoms with Gasteiger partial charge in [0.15, 0.2) is 0 Å². The second-order valence-electron chi connectivity index (χ2n) is 4.78. The first kappa shape index (κ1) is 17.1. The Balaban J connectivity index is 1.61. The van der Waals surface area contributed by atoms with Crippen molar-refractivity contribution in [2.75, 3.05) is 13.2 Å². The molecular formula is C17H17ClINO2. The quantitative estimate of drug-likeness (QED) is 0.519. The van der Waals surface area contributed by atoms with Gasteiger partial charge in [-0.05, 0) is 77.9 Å². The molecule has 0 aliphatic rings. The summed E-state index contributed by atoms with van der Waals surface area (Å²) in [6.07, 6.45) is 1.76. The number of rotatable bonds is 7. The maximum Gasteiger partial charge on any atom is 0.251 e. The lowest BCUT2D eigenvalue weighted by atomic mass is 10.2. The average molecular weight is 430 g/mol. The first-order valence-corrected chi connectivity index (χ1v) is 8.53. The number of halogens is 2. The number of hydrogen-bond acceptors (Lipinski definition) is 2. The van der Waals surface area contributed by atoms with Crippen LogP contribution in [0.1, 0.15) is 23.2 Å². The molecule has 1 amide bonds. The number of ether oxygens (including phenoxy) is 1. The van der Waals surface area contributed by atoms with E-state index in [1.807, 2.05) is 36.4 Å². The van der Waals surface area contributed by atoms with Crippen molar-refractivity contribution in [2.24, 2.45) is 0 Å². The molecule has 2 aromatic rings. The minimum atomic E-state index is -0.0304. The molecule has 0 aliphatic carbocycles. The Labute approximate surface area is 149 Å². The molecule has 5 heteroatoms. The van der Waals surface area contributed by atoms with Gasteiger partial charge < -0.3 is 10.1 Å². The SMILES string of the molecule is O=C(NCCCCOc1ccc(Cl)cc1)c1cccc(I)c1. The maximum absolute atomic E-state index is 11.9. The molecule has 0 bridgehead atoms. The highest BCUT2D eigenvalue weighted by molar-refractivity contribution is 14.1. The van der Waals surface area contributed by atoms with Gasteiger partial charge in [0.05, 0.1) is 6.61 Å². The minimum absolute atomic E-state index is 0.0304. The lowest BCUT2D eigenvalue weighted by Gasteiger charge is -2.07. The van der Waals surface area contributed by atoms with E-state index in [4.69, 9.17) is 16.3 Å². The Morgan fingerprint density at radius 1 is 1.14 bits per heavy atom. The van der Waals surface area contributed by atoms with Crippen molar-refractivity contribution in [3.8, 4) is 5.75 Å². The number of amides is 1. The van der Waals surface area contributed by atoms with Crippen molar-refractivity contribution < 1.29 is 9.53 Å². The summed E-state index contributed by atoms with van der Waals surface area (Å²) in [5, 5.41) is 3.62. The zero-order valence-corrected chi connectivity index (χ0v) is 14.9. The van der Waals surface area contributed by atoms with Crippen LogP contribution in [0.2, 0.25) is 5.02 Å². The van der Waals surface area contributed by atoms with E-state index in [9.17, 15) is 4.79 Å². The van der Waals surface area contributed by atoms with E-state index in [1.165, 1.54) is 0 Å². The molecule has 0 spiro atoms. The predicted molar refractivity (Wildman–Crippen MR) is 97.7 cm³/mol. The fourth-order valence-corrected chi connectivity index (χ4v) is 2.55. The molecule has 1 N–H and O–H groups in total. The van der Waals surface area contributed by atoms with E-state index in [2.05, 4.69) is 27.9 Å². The Hall–Kier alpha value is -1.27. The van der Waals surface area contributed by atoms with Crippen molar-refractivity contribution in [2.45, 2.75) is 12.8 Å². The van der Waals surface area contributed by atoms with Crippen LogP contribution in [0.3, 0.4) is 0 Å². The molecule has 0 unspecified atom stereocenters. The van der Waals surface area contributed by atoms with Gasteiger partial charge in [0.1, 0.15) is 5.75 Å². The fourth-order valence-electron chi connectivity index (χ4n) is 1.88. The number of carbonyl (C=O) groups excluding carboxylic acids is 1. The third-order valence-corrected chi connectivity index (χ3v) is 3.95. The Kier molecular flexibility index (Phi) is 6.99. The van der Waals surface area contributed by atoms with Gasteiger partial charge in [-0.15, -0.1) is 0 Å². The Morgan fingerprint density at radius 2 is 1.91 bits per heavy atom. The third-order valence-electron chi connectivity index (χ3n) is 3.03. The Bertz CT molecular complexity index is 616. The number of unbranched alkanes of at least 4 members (excludes halogenated alkanes) is 1. The molecule has 2 rings (SSSR count). The van der Waals surface area contributed by atoms with Gasteiger partial charge in [-0.2, -0.15) is 0 Å². The van der Waals surface area contributed by atoms with Crippen molar-refractivity contribution in [3.63, 3.8) is 0 Å². The number of carbonyl (C=O) groups is 1. The van der Waals surface area contributed by atoms with Crippen LogP contribution < -0.4 is 10.1 Å². The predicted octanol–water partition coefficient (Wildman–Crippen LogP) is 4.53. The molecule has 3 nitrogen and oxygen atoms in total. The molecule has 0 saturated heterocycles. The summed E-state index contributed by atoms with van der Waals surface area (Å²) < 4.78 is 6.65. The van der Waals surface area contributed by atoms with Gasteiger partial charge in [0, 0.05) is 20.7 Å². The van der Waals surface area contributed by atoms with Crippen molar-refractivity contribution in [3.05, 3.63) is 62.7 Å². The zero-order chi connectivity index (χ0) is 15.8. The van der Waals surface area contributed by atoms with Crippen LogP contribution in [-0.4, -0.2) is 19.1 Å². The first-order valence-electron chi connectivity index (χ1n) is 7.07. The van der Waals surface area contributed by atoms with Crippen LogP contribution in [0.4, 0.5) is 0 Å². The summed E-state index contributed by atoms with van der Waals surface area (Å²) >= 11 is 8.01. The number of benzene rings is 2. The molecule has 0 aromatic heterocycles. The van der Waals surface area contributed by atoms with Gasteiger partial charge >= 0.3 is 0 Å². The van der Waals surface area contributed by atoms with Crippen molar-refractivity contribution in [1.82, 2.24) is 5.32 Å². The van der Waals surface area contributed by atoms with Gasteiger partial charge in [0.2, 0.25) is 0 Å². The molecule has 0 radical (unpaired) electrons. The smallest absolute Gasteiger partial charge is 0.251 e. The molecule has 0 aliphatic heterocycles. The Morgan fingerprint density at radius 3 is 2.64 bits per heavy atom. The zero-order valence-electron chi connectivity index (χ0n) is 12.0. The molecule has 0 heterocycles. The maximum atomic E-state index is 11.9. The summed E-state index contributed by atoms with van der Waals surface area (Å²) in [5.41, 5.74) is 0.698. The van der Waals surface area contributed by atoms with Crippen molar-refractivity contribution in [1.29, 1.82) is 0 Å². The fraction of sp³-hybridized carbons (Fsp3) is 0.235. The highest BCUT2D eigenvalue weighted by Crippen LogP contribution is 2.15. The minimum Gasteiger partial charge on any atom is -0.494 e. The second kappa shape index (κ2) is 9.00. The van der Waals surface area contributed by atoms with E-state index in [0.717, 1.165) is 22.2 Å². The molecular weight excluding hydrogens is 413 g/mol. The van der Waals surface area contributed by atoms with Crippen LogP contribution in [0, 0.1) is 3.57 Å². The topological polar surface area (TPSA) is 38.3 Å². The van der Waals surface area contributed by atoms with Gasteiger partial charge in [-0.25, -0.2) is 0 Å². The molecule has 0 saturated carbocycles. The summed E-state index contributed by atoms with van der Waals surface area (Å²) in [6.45, 7) is 1.27. The van der Waals surface area contributed by atoms with Gasteiger partial charge in [0.25, 0.3) is 5.91 Å². The first-order chi connectivity index (χ1) is 10.6. The molecule has 0 fully saturated rings. The van der Waals surface area contributed by atoms with E-state index < -0.39 is 0 Å². The molecule has 116 valence electrons. The monoisotopic (exact) mass is 429 g/mol. The van der Waals surface area contributed by atoms with Crippen LogP contribution in [0.5, 0.6) is 5.75 Å². The highest BCUT2D eigenvalue weighted by Gasteiger charge is 2.04. The molecule has 0 atom stereocenters. The van der Waals surface area contributed by atoms with Gasteiger partial charge in [-0.1, -0.05) is 17.7 Å². The van der Waals surface area contributed by atoms with Crippen LogP contribution in [-0.2, 0) is 0 Å². The summed E-state index contributed by atoms with van der Waals surface area (Å²) in [6, 6.07) is 14.8. The van der Waals surface area contributed by atoms with Crippen LogP contribution >= 0.6 is 34.2 Å². The average Bonchev–Trinajstić information content (AvgIpc) is 2.52. The standard InChI is InChI=1S/C17H17ClINO2/c18-14-6-8-16(9-7-14)22-11-2-1-10-20-17(21)13-4-3-5-15(19)12-13/h3-9,12H,1-2,10-11H2,(H,20,21). The number of nitrogens with one attached hydrogen (secondary N) is 1. The van der Waals surface area contributed by atoms with E-state index in [1.54, 1.807) is 12.1 Å². The van der Waals surface area contributed by atoms with Crippen molar-refractivity contribution >= 4 is 40.1 Å². The summed E-state index contributed by atoms with van der Waals surface area (Å²) in [4.78, 5) is 11.9. The highest BCUT2D eigenvalue weighted by atomic mass is 127. The third kappa shape index (κ3) is 5.85. The molecule has 22 heavy (non-hydrogen) atoms. The van der Waals surface area contributed by atoms with Gasteiger partial charge in [-0.3, -0.25) is 4.79 Å². The van der Waals surface area contributed by atoms with Crippen LogP contribution in [0.15, 0.2) is 48.5 Å². The van der Waals surface area contributed by atoms with E-state index in [0.29, 0.717) is 23.7 Å². The summed E-state index contributed by atoms with van der Waals surface area (Å²) in [5.74, 6) is 0.782. The normalized spacial score (nSPS) is 10.3. The van der Waals surface area contributed by atoms with Crippen LogP contribution in [0.25, 0.3) is 0 Å². The lowest BCUT2D eigenvalue weighted by molar-refractivity contribution is 0.0952.